The lowest BCUT2D eigenvalue weighted by Gasteiger charge is -2.04. The summed E-state index contributed by atoms with van der Waals surface area (Å²) in [6.45, 7) is 2.06. The van der Waals surface area contributed by atoms with Gasteiger partial charge in [-0.1, -0.05) is 6.07 Å². The highest BCUT2D eigenvalue weighted by molar-refractivity contribution is 9.10. The second-order valence-corrected chi connectivity index (χ2v) is 3.70. The molecule has 0 unspecified atom stereocenters. The van der Waals surface area contributed by atoms with Gasteiger partial charge in [-0.3, -0.25) is 0 Å². The smallest absolute Gasteiger partial charge is 0.113 e. The fraction of sp³-hybridized carbons (Fsp3) is 0.100. The molecule has 0 aliphatic rings. The van der Waals surface area contributed by atoms with E-state index in [1.54, 1.807) is 10.7 Å². The number of halogens is 1. The van der Waals surface area contributed by atoms with Crippen LogP contribution in [0, 0.1) is 13.1 Å². The van der Waals surface area contributed by atoms with Crippen molar-refractivity contribution in [3.63, 3.8) is 0 Å². The first-order chi connectivity index (χ1) is 6.27. The van der Waals surface area contributed by atoms with Crippen LogP contribution >= 0.6 is 15.9 Å². The van der Waals surface area contributed by atoms with E-state index in [0.717, 1.165) is 10.2 Å². The zero-order valence-electron chi connectivity index (χ0n) is 7.16. The molecule has 0 amide bonds. The topological polar surface area (TPSA) is 17.8 Å². The number of hydrogen-bond donors (Lipinski definition) is 0. The highest BCUT2D eigenvalue weighted by atomic mass is 79.9. The molecule has 1 heterocycles. The van der Waals surface area contributed by atoms with Gasteiger partial charge in [0, 0.05) is 10.7 Å². The van der Waals surface area contributed by atoms with Gasteiger partial charge >= 0.3 is 0 Å². The van der Waals surface area contributed by atoms with Crippen molar-refractivity contribution in [3.8, 4) is 5.69 Å². The number of benzene rings is 1. The van der Waals surface area contributed by atoms with Crippen LogP contribution in [0.2, 0.25) is 0 Å². The molecule has 1 aromatic carbocycles. The van der Waals surface area contributed by atoms with Gasteiger partial charge in [-0.25, -0.2) is 4.68 Å². The SMILES string of the molecule is Cc1ccc(-n2cc[c]n2)c(Br)c1. The van der Waals surface area contributed by atoms with E-state index in [1.165, 1.54) is 5.56 Å². The fourth-order valence-corrected chi connectivity index (χ4v) is 1.84. The molecule has 0 spiro atoms. The minimum atomic E-state index is 1.03. The van der Waals surface area contributed by atoms with Crippen molar-refractivity contribution in [1.82, 2.24) is 9.78 Å². The normalized spacial score (nSPS) is 10.3. The summed E-state index contributed by atoms with van der Waals surface area (Å²) < 4.78 is 2.83. The van der Waals surface area contributed by atoms with Crippen LogP contribution in [0.3, 0.4) is 0 Å². The maximum absolute atomic E-state index is 4.04. The van der Waals surface area contributed by atoms with Gasteiger partial charge in [0.15, 0.2) is 0 Å². The van der Waals surface area contributed by atoms with E-state index in [2.05, 4.69) is 46.3 Å². The van der Waals surface area contributed by atoms with Crippen molar-refractivity contribution in [2.45, 2.75) is 6.92 Å². The molecule has 2 aromatic rings. The summed E-state index contributed by atoms with van der Waals surface area (Å²) in [6.07, 6.45) is 4.63. The number of rotatable bonds is 1. The number of aromatic nitrogens is 2. The summed E-state index contributed by atoms with van der Waals surface area (Å²) in [6, 6.07) is 7.94. The van der Waals surface area contributed by atoms with Gasteiger partial charge in [-0.2, -0.15) is 5.10 Å². The summed E-state index contributed by atoms with van der Waals surface area (Å²) in [5.41, 5.74) is 2.26. The zero-order valence-corrected chi connectivity index (χ0v) is 8.75. The Balaban J connectivity index is 2.53. The van der Waals surface area contributed by atoms with Crippen LogP contribution in [0.15, 0.2) is 34.9 Å². The molecule has 0 saturated heterocycles. The first-order valence-electron chi connectivity index (χ1n) is 3.95. The molecule has 65 valence electrons. The second kappa shape index (κ2) is 3.34. The van der Waals surface area contributed by atoms with Crippen LogP contribution in [0.4, 0.5) is 0 Å². The third-order valence-corrected chi connectivity index (χ3v) is 2.44. The van der Waals surface area contributed by atoms with Gasteiger partial charge in [-0.15, -0.1) is 0 Å². The van der Waals surface area contributed by atoms with Crippen LogP contribution in [-0.4, -0.2) is 9.78 Å². The Bertz CT molecular complexity index is 407. The third-order valence-electron chi connectivity index (χ3n) is 1.81. The molecule has 0 fully saturated rings. The van der Waals surface area contributed by atoms with Crippen LogP contribution in [-0.2, 0) is 0 Å². The third kappa shape index (κ3) is 1.65. The minimum Gasteiger partial charge on any atom is -0.239 e. The zero-order chi connectivity index (χ0) is 9.26. The summed E-state index contributed by atoms with van der Waals surface area (Å²) in [4.78, 5) is 0. The van der Waals surface area contributed by atoms with Gasteiger partial charge in [0.1, 0.15) is 6.20 Å². The molecule has 1 aromatic heterocycles. The molecule has 0 saturated carbocycles. The summed E-state index contributed by atoms with van der Waals surface area (Å²) in [5, 5.41) is 4.04. The molecule has 0 aliphatic carbocycles. The lowest BCUT2D eigenvalue weighted by Crippen LogP contribution is -1.95. The van der Waals surface area contributed by atoms with Crippen molar-refractivity contribution in [1.29, 1.82) is 0 Å². The van der Waals surface area contributed by atoms with Gasteiger partial charge in [0.2, 0.25) is 0 Å². The van der Waals surface area contributed by atoms with Crippen LogP contribution in [0.25, 0.3) is 5.69 Å². The minimum absolute atomic E-state index is 1.03. The van der Waals surface area contributed by atoms with E-state index in [9.17, 15) is 0 Å². The molecule has 1 radical (unpaired) electrons. The monoisotopic (exact) mass is 235 g/mol. The molecular formula is C10H8BrN2. The van der Waals surface area contributed by atoms with E-state index in [4.69, 9.17) is 0 Å². The van der Waals surface area contributed by atoms with Crippen molar-refractivity contribution in [2.75, 3.05) is 0 Å². The predicted molar refractivity (Wildman–Crippen MR) is 54.8 cm³/mol. The van der Waals surface area contributed by atoms with E-state index >= 15 is 0 Å². The summed E-state index contributed by atoms with van der Waals surface area (Å²) in [7, 11) is 0. The first-order valence-corrected chi connectivity index (χ1v) is 4.75. The van der Waals surface area contributed by atoms with Gasteiger partial charge in [-0.05, 0) is 46.6 Å². The maximum Gasteiger partial charge on any atom is 0.113 e. The Kier molecular flexibility index (Phi) is 2.19. The second-order valence-electron chi connectivity index (χ2n) is 2.84. The quantitative estimate of drug-likeness (QED) is 0.744. The Morgan fingerprint density at radius 2 is 2.31 bits per heavy atom. The number of aryl methyl sites for hydroxylation is 1. The molecular weight excluding hydrogens is 228 g/mol. The predicted octanol–water partition coefficient (Wildman–Crippen LogP) is 2.74. The molecule has 13 heavy (non-hydrogen) atoms. The standard InChI is InChI=1S/C10H8BrN2/c1-8-3-4-10(9(11)7-8)13-6-2-5-12-13/h2-4,6-7H,1H3. The average Bonchev–Trinajstić information content (AvgIpc) is 2.56. The van der Waals surface area contributed by atoms with Crippen molar-refractivity contribution >= 4 is 15.9 Å². The fourth-order valence-electron chi connectivity index (χ4n) is 1.16. The summed E-state index contributed by atoms with van der Waals surface area (Å²) in [5.74, 6) is 0. The number of hydrogen-bond acceptors (Lipinski definition) is 1. The van der Waals surface area contributed by atoms with Crippen molar-refractivity contribution in [3.05, 3.63) is 46.7 Å². The largest absolute Gasteiger partial charge is 0.239 e. The first kappa shape index (κ1) is 8.51. The Labute approximate surface area is 85.3 Å². The highest BCUT2D eigenvalue weighted by Gasteiger charge is 2.01. The average molecular weight is 236 g/mol. The molecule has 0 atom stereocenters. The lowest BCUT2D eigenvalue weighted by molar-refractivity contribution is 0.872. The van der Waals surface area contributed by atoms with E-state index in [1.807, 2.05) is 12.3 Å². The van der Waals surface area contributed by atoms with E-state index < -0.39 is 0 Å². The summed E-state index contributed by atoms with van der Waals surface area (Å²) >= 11 is 3.49. The van der Waals surface area contributed by atoms with Crippen LogP contribution < -0.4 is 0 Å². The van der Waals surface area contributed by atoms with Gasteiger partial charge in [0.05, 0.1) is 5.69 Å². The van der Waals surface area contributed by atoms with Gasteiger partial charge in [0.25, 0.3) is 0 Å². The molecule has 2 nitrogen and oxygen atoms in total. The number of nitrogens with zero attached hydrogens (tertiary/aromatic N) is 2. The maximum atomic E-state index is 4.04. The van der Waals surface area contributed by atoms with Crippen LogP contribution in [0.1, 0.15) is 5.56 Å². The Morgan fingerprint density at radius 3 is 2.92 bits per heavy atom. The van der Waals surface area contributed by atoms with E-state index in [0.29, 0.717) is 0 Å². The van der Waals surface area contributed by atoms with Crippen LogP contribution in [0.5, 0.6) is 0 Å². The Morgan fingerprint density at radius 1 is 1.46 bits per heavy atom. The van der Waals surface area contributed by atoms with Gasteiger partial charge < -0.3 is 0 Å². The molecule has 2 rings (SSSR count). The van der Waals surface area contributed by atoms with Crippen molar-refractivity contribution < 1.29 is 0 Å². The molecule has 0 N–H and O–H groups in total. The molecule has 0 aliphatic heterocycles. The molecule has 0 bridgehead atoms. The molecule has 3 heteroatoms. The Hall–Kier alpha value is -1.09. The highest BCUT2D eigenvalue weighted by Crippen LogP contribution is 2.21. The lowest BCUT2D eigenvalue weighted by atomic mass is 10.2. The van der Waals surface area contributed by atoms with Crippen molar-refractivity contribution in [2.24, 2.45) is 0 Å². The van der Waals surface area contributed by atoms with E-state index in [-0.39, 0.29) is 0 Å².